The van der Waals surface area contributed by atoms with E-state index in [4.69, 9.17) is 4.74 Å². The number of rotatable bonds is 5. The molecule has 1 aliphatic heterocycles. The molecule has 0 radical (unpaired) electrons. The smallest absolute Gasteiger partial charge is 0.313 e. The van der Waals surface area contributed by atoms with Crippen molar-refractivity contribution in [1.29, 1.82) is 0 Å². The van der Waals surface area contributed by atoms with E-state index in [1.54, 1.807) is 11.3 Å². The molecule has 1 aromatic rings. The Hall–Kier alpha value is -0.910. The zero-order valence-electron chi connectivity index (χ0n) is 10.6. The van der Waals surface area contributed by atoms with Crippen LogP contribution in [0.1, 0.15) is 17.7 Å². The van der Waals surface area contributed by atoms with E-state index in [-0.39, 0.29) is 0 Å². The van der Waals surface area contributed by atoms with Gasteiger partial charge in [-0.05, 0) is 31.3 Å². The third-order valence-corrected chi connectivity index (χ3v) is 4.22. The maximum Gasteiger partial charge on any atom is 0.313 e. The summed E-state index contributed by atoms with van der Waals surface area (Å²) in [5.41, 5.74) is -0.732. The molecule has 100 valence electrons. The zero-order valence-corrected chi connectivity index (χ0v) is 11.4. The number of carboxylic acids is 1. The molecule has 1 atom stereocenters. The van der Waals surface area contributed by atoms with E-state index in [1.807, 2.05) is 18.5 Å². The van der Waals surface area contributed by atoms with Gasteiger partial charge in [0.05, 0.1) is 6.61 Å². The topological polar surface area (TPSA) is 49.8 Å². The van der Waals surface area contributed by atoms with E-state index < -0.39 is 11.4 Å². The van der Waals surface area contributed by atoms with Crippen molar-refractivity contribution in [2.24, 2.45) is 5.41 Å². The molecule has 1 aromatic heterocycles. The van der Waals surface area contributed by atoms with E-state index in [2.05, 4.69) is 11.0 Å². The predicted molar refractivity (Wildman–Crippen MR) is 70.8 cm³/mol. The van der Waals surface area contributed by atoms with Gasteiger partial charge in [-0.1, -0.05) is 6.07 Å². The molecule has 1 fully saturated rings. The summed E-state index contributed by atoms with van der Waals surface area (Å²) in [6.45, 7) is 2.35. The Morgan fingerprint density at radius 2 is 2.50 bits per heavy atom. The number of ether oxygens (including phenoxy) is 1. The minimum Gasteiger partial charge on any atom is -0.481 e. The number of thiophene rings is 1. The lowest BCUT2D eigenvalue weighted by Crippen LogP contribution is -2.47. The molecule has 0 saturated carbocycles. The molecule has 0 amide bonds. The Balaban J connectivity index is 1.98. The van der Waals surface area contributed by atoms with Crippen molar-refractivity contribution in [3.8, 4) is 0 Å². The minimum absolute atomic E-state index is 0.330. The van der Waals surface area contributed by atoms with Crippen LogP contribution in [-0.2, 0) is 16.1 Å². The van der Waals surface area contributed by atoms with Crippen molar-refractivity contribution in [3.05, 3.63) is 22.4 Å². The highest BCUT2D eigenvalue weighted by Crippen LogP contribution is 2.30. The quantitative estimate of drug-likeness (QED) is 0.889. The monoisotopic (exact) mass is 269 g/mol. The number of carboxylic acid groups (broad SMARTS) is 1. The molecule has 4 nitrogen and oxygen atoms in total. The Morgan fingerprint density at radius 3 is 3.06 bits per heavy atom. The van der Waals surface area contributed by atoms with Gasteiger partial charge in [0.1, 0.15) is 5.41 Å². The van der Waals surface area contributed by atoms with Gasteiger partial charge in [-0.2, -0.15) is 0 Å². The second-order valence-corrected chi connectivity index (χ2v) is 6.03. The second-order valence-electron chi connectivity index (χ2n) is 4.99. The number of carbonyl (C=O) groups is 1. The van der Waals surface area contributed by atoms with Crippen molar-refractivity contribution >= 4 is 17.3 Å². The lowest BCUT2D eigenvalue weighted by atomic mass is 9.82. The minimum atomic E-state index is -0.736. The van der Waals surface area contributed by atoms with Gasteiger partial charge in [0.2, 0.25) is 0 Å². The molecule has 1 aliphatic rings. The molecule has 2 rings (SSSR count). The Bertz CT molecular complexity index is 385. The summed E-state index contributed by atoms with van der Waals surface area (Å²) >= 11 is 1.70. The summed E-state index contributed by atoms with van der Waals surface area (Å²) in [7, 11) is 1.97. The van der Waals surface area contributed by atoms with Crippen molar-refractivity contribution in [2.75, 3.05) is 26.8 Å². The maximum absolute atomic E-state index is 11.5. The van der Waals surface area contributed by atoms with Gasteiger partial charge in [0.15, 0.2) is 0 Å². The normalized spacial score (nSPS) is 24.3. The molecule has 1 unspecified atom stereocenters. The van der Waals surface area contributed by atoms with Crippen LogP contribution in [0.15, 0.2) is 17.5 Å². The molecule has 2 heterocycles. The summed E-state index contributed by atoms with van der Waals surface area (Å²) in [5, 5.41) is 11.5. The molecule has 0 aromatic carbocycles. The lowest BCUT2D eigenvalue weighted by Gasteiger charge is -2.36. The van der Waals surface area contributed by atoms with Gasteiger partial charge in [0.25, 0.3) is 0 Å². The lowest BCUT2D eigenvalue weighted by molar-refractivity contribution is -0.159. The molecule has 1 N–H and O–H groups in total. The fourth-order valence-corrected chi connectivity index (χ4v) is 3.24. The van der Waals surface area contributed by atoms with Crippen LogP contribution in [0.2, 0.25) is 0 Å². The summed E-state index contributed by atoms with van der Waals surface area (Å²) in [5.74, 6) is -0.736. The van der Waals surface area contributed by atoms with Gasteiger partial charge in [-0.25, -0.2) is 0 Å². The summed E-state index contributed by atoms with van der Waals surface area (Å²) in [6.07, 6.45) is 1.54. The van der Waals surface area contributed by atoms with E-state index in [0.717, 1.165) is 13.0 Å². The van der Waals surface area contributed by atoms with Gasteiger partial charge < -0.3 is 14.7 Å². The molecule has 0 spiro atoms. The average Bonchev–Trinajstić information content (AvgIpc) is 2.82. The van der Waals surface area contributed by atoms with Gasteiger partial charge in [-0.15, -0.1) is 11.3 Å². The van der Waals surface area contributed by atoms with Crippen LogP contribution in [0.3, 0.4) is 0 Å². The highest BCUT2D eigenvalue weighted by molar-refractivity contribution is 7.09. The summed E-state index contributed by atoms with van der Waals surface area (Å²) in [4.78, 5) is 14.8. The maximum atomic E-state index is 11.5. The third-order valence-electron chi connectivity index (χ3n) is 3.35. The fourth-order valence-electron chi connectivity index (χ4n) is 2.45. The number of aliphatic carboxylic acids is 1. The van der Waals surface area contributed by atoms with Crippen LogP contribution in [0.4, 0.5) is 0 Å². The Kier molecular flexibility index (Phi) is 4.37. The van der Waals surface area contributed by atoms with Gasteiger partial charge in [0, 0.05) is 24.6 Å². The van der Waals surface area contributed by atoms with E-state index in [9.17, 15) is 9.90 Å². The molecule has 1 saturated heterocycles. The molecule has 18 heavy (non-hydrogen) atoms. The summed E-state index contributed by atoms with van der Waals surface area (Å²) < 4.78 is 5.38. The van der Waals surface area contributed by atoms with E-state index in [1.165, 1.54) is 4.88 Å². The van der Waals surface area contributed by atoms with Gasteiger partial charge in [-0.3, -0.25) is 4.79 Å². The number of nitrogens with zero attached hydrogens (tertiary/aromatic N) is 1. The summed E-state index contributed by atoms with van der Waals surface area (Å²) in [6, 6.07) is 4.09. The largest absolute Gasteiger partial charge is 0.481 e. The van der Waals surface area contributed by atoms with E-state index in [0.29, 0.717) is 26.2 Å². The van der Waals surface area contributed by atoms with E-state index >= 15 is 0 Å². The molecule has 0 bridgehead atoms. The first kappa shape index (κ1) is 13.5. The van der Waals surface area contributed by atoms with Crippen molar-refractivity contribution in [2.45, 2.75) is 19.4 Å². The van der Waals surface area contributed by atoms with Gasteiger partial charge >= 0.3 is 5.97 Å². The zero-order chi connectivity index (χ0) is 13.0. The first-order valence-corrected chi connectivity index (χ1v) is 7.02. The molecular formula is C13H19NO3S. The number of hydrogen-bond donors (Lipinski definition) is 1. The van der Waals surface area contributed by atoms with Crippen molar-refractivity contribution in [1.82, 2.24) is 4.90 Å². The van der Waals surface area contributed by atoms with Crippen LogP contribution in [0.5, 0.6) is 0 Å². The Labute approximate surface area is 111 Å². The standard InChI is InChI=1S/C13H19NO3S/c1-14(8-11-4-2-7-18-11)9-13(12(15)16)5-3-6-17-10-13/h2,4,7H,3,5-6,8-10H2,1H3,(H,15,16). The SMILES string of the molecule is CN(Cc1cccs1)CC1(C(=O)O)CCCOC1. The second kappa shape index (κ2) is 5.82. The average molecular weight is 269 g/mol. The predicted octanol–water partition coefficient (Wildman–Crippen LogP) is 2.06. The van der Waals surface area contributed by atoms with Crippen molar-refractivity contribution in [3.63, 3.8) is 0 Å². The highest BCUT2D eigenvalue weighted by Gasteiger charge is 2.41. The van der Waals surface area contributed by atoms with Crippen LogP contribution < -0.4 is 0 Å². The van der Waals surface area contributed by atoms with Crippen molar-refractivity contribution < 1.29 is 14.6 Å². The fraction of sp³-hybridized carbons (Fsp3) is 0.615. The first-order valence-electron chi connectivity index (χ1n) is 6.14. The van der Waals surface area contributed by atoms with Crippen LogP contribution in [0, 0.1) is 5.41 Å². The molecule has 5 heteroatoms. The van der Waals surface area contributed by atoms with Crippen LogP contribution in [0.25, 0.3) is 0 Å². The Morgan fingerprint density at radius 1 is 1.67 bits per heavy atom. The number of hydrogen-bond acceptors (Lipinski definition) is 4. The first-order chi connectivity index (χ1) is 8.62. The van der Waals surface area contributed by atoms with Crippen LogP contribution >= 0.6 is 11.3 Å². The molecule has 0 aliphatic carbocycles. The highest BCUT2D eigenvalue weighted by atomic mass is 32.1. The van der Waals surface area contributed by atoms with Crippen LogP contribution in [-0.4, -0.2) is 42.8 Å². The molecular weight excluding hydrogens is 250 g/mol. The third kappa shape index (κ3) is 3.10.